The van der Waals surface area contributed by atoms with Gasteiger partial charge in [0.15, 0.2) is 0 Å². The minimum Gasteiger partial charge on any atom is -0.0985 e. The van der Waals surface area contributed by atoms with Crippen LogP contribution in [0.2, 0.25) is 0 Å². The lowest BCUT2D eigenvalue weighted by atomic mass is 9.93. The molecule has 0 atom stereocenters. The monoisotopic (exact) mass is 188 g/mol. The molecule has 1 aromatic rings. The van der Waals surface area contributed by atoms with Gasteiger partial charge in [-0.2, -0.15) is 0 Å². The van der Waals surface area contributed by atoms with E-state index < -0.39 is 0 Å². The average Bonchev–Trinajstić information content (AvgIpc) is 2.26. The predicted molar refractivity (Wildman–Crippen MR) is 64.7 cm³/mol. The number of hydrogen-bond donors (Lipinski definition) is 0. The van der Waals surface area contributed by atoms with Crippen LogP contribution in [0.5, 0.6) is 0 Å². The Morgan fingerprint density at radius 1 is 1.07 bits per heavy atom. The highest BCUT2D eigenvalue weighted by Gasteiger charge is 2.05. The Balaban J connectivity index is 3.31. The molecule has 0 heteroatoms. The van der Waals surface area contributed by atoms with Gasteiger partial charge in [-0.1, -0.05) is 45.6 Å². The van der Waals surface area contributed by atoms with E-state index in [4.69, 9.17) is 0 Å². The fraction of sp³-hybridized carbons (Fsp3) is 0.429. The molecule has 0 heterocycles. The normalized spacial score (nSPS) is 10.2. The fourth-order valence-electron chi connectivity index (χ4n) is 1.96. The van der Waals surface area contributed by atoms with E-state index >= 15 is 0 Å². The topological polar surface area (TPSA) is 0 Å². The highest BCUT2D eigenvalue weighted by molar-refractivity contribution is 5.56. The first-order chi connectivity index (χ1) is 6.76. The summed E-state index contributed by atoms with van der Waals surface area (Å²) in [6.45, 7) is 10.5. The molecule has 0 nitrogen and oxygen atoms in total. The number of hydrogen-bond acceptors (Lipinski definition) is 0. The second-order valence-electron chi connectivity index (χ2n) is 3.59. The maximum Gasteiger partial charge on any atom is -0.0225 e. The van der Waals surface area contributed by atoms with Crippen molar-refractivity contribution in [1.29, 1.82) is 0 Å². The molecule has 0 aliphatic heterocycles. The predicted octanol–water partition coefficient (Wildman–Crippen LogP) is 4.02. The summed E-state index contributed by atoms with van der Waals surface area (Å²) < 4.78 is 0. The van der Waals surface area contributed by atoms with Crippen molar-refractivity contribution in [2.45, 2.75) is 40.0 Å². The van der Waals surface area contributed by atoms with E-state index in [1.807, 2.05) is 6.08 Å². The first-order valence-corrected chi connectivity index (χ1v) is 5.53. The van der Waals surface area contributed by atoms with Gasteiger partial charge in [0, 0.05) is 0 Å². The summed E-state index contributed by atoms with van der Waals surface area (Å²) in [6.07, 6.45) is 5.32. The van der Waals surface area contributed by atoms with Crippen LogP contribution < -0.4 is 0 Å². The first kappa shape index (κ1) is 11.0. The third kappa shape index (κ3) is 2.06. The summed E-state index contributed by atoms with van der Waals surface area (Å²) in [5.74, 6) is 0. The Hall–Kier alpha value is -1.04. The van der Waals surface area contributed by atoms with Gasteiger partial charge in [0.1, 0.15) is 0 Å². The van der Waals surface area contributed by atoms with Crippen LogP contribution in [0.4, 0.5) is 0 Å². The van der Waals surface area contributed by atoms with Gasteiger partial charge < -0.3 is 0 Å². The SMILES string of the molecule is C=Cc1cc(CC)cc(CC)c1CC. The molecule has 0 aliphatic rings. The fourth-order valence-corrected chi connectivity index (χ4v) is 1.96. The molecular formula is C14H20. The van der Waals surface area contributed by atoms with E-state index in [0.29, 0.717) is 0 Å². The molecule has 1 rings (SSSR count). The third-order valence-electron chi connectivity index (χ3n) is 2.80. The lowest BCUT2D eigenvalue weighted by Crippen LogP contribution is -1.97. The van der Waals surface area contributed by atoms with Crippen molar-refractivity contribution >= 4 is 6.08 Å². The van der Waals surface area contributed by atoms with Crippen LogP contribution >= 0.6 is 0 Å². The van der Waals surface area contributed by atoms with Crippen molar-refractivity contribution in [2.24, 2.45) is 0 Å². The lowest BCUT2D eigenvalue weighted by Gasteiger charge is -2.12. The van der Waals surface area contributed by atoms with E-state index in [1.165, 1.54) is 22.3 Å². The van der Waals surface area contributed by atoms with Gasteiger partial charge in [0.25, 0.3) is 0 Å². The third-order valence-corrected chi connectivity index (χ3v) is 2.80. The van der Waals surface area contributed by atoms with Gasteiger partial charge in [-0.25, -0.2) is 0 Å². The van der Waals surface area contributed by atoms with E-state index in [9.17, 15) is 0 Å². The van der Waals surface area contributed by atoms with Crippen molar-refractivity contribution < 1.29 is 0 Å². The van der Waals surface area contributed by atoms with Crippen molar-refractivity contribution in [2.75, 3.05) is 0 Å². The summed E-state index contributed by atoms with van der Waals surface area (Å²) in [6, 6.07) is 4.61. The zero-order chi connectivity index (χ0) is 10.6. The molecule has 0 saturated carbocycles. The number of rotatable bonds is 4. The zero-order valence-corrected chi connectivity index (χ0v) is 9.56. The van der Waals surface area contributed by atoms with Crippen LogP contribution in [0.25, 0.3) is 6.08 Å². The molecule has 0 bridgehead atoms. The molecule has 0 aliphatic carbocycles. The van der Waals surface area contributed by atoms with Crippen molar-refractivity contribution in [1.82, 2.24) is 0 Å². The van der Waals surface area contributed by atoms with Crippen LogP contribution in [0.1, 0.15) is 43.0 Å². The van der Waals surface area contributed by atoms with Crippen LogP contribution in [-0.4, -0.2) is 0 Å². The molecule has 1 aromatic carbocycles. The second kappa shape index (κ2) is 4.99. The quantitative estimate of drug-likeness (QED) is 0.669. The van der Waals surface area contributed by atoms with Crippen molar-refractivity contribution in [3.05, 3.63) is 41.0 Å². The highest BCUT2D eigenvalue weighted by atomic mass is 14.1. The van der Waals surface area contributed by atoms with Crippen LogP contribution in [-0.2, 0) is 19.3 Å². The first-order valence-electron chi connectivity index (χ1n) is 5.53. The Labute approximate surface area is 87.7 Å². The number of aryl methyl sites for hydroxylation is 2. The average molecular weight is 188 g/mol. The summed E-state index contributed by atoms with van der Waals surface area (Å²) in [5.41, 5.74) is 5.71. The van der Waals surface area contributed by atoms with Crippen LogP contribution in [0.3, 0.4) is 0 Å². The molecule has 14 heavy (non-hydrogen) atoms. The number of benzene rings is 1. The summed E-state index contributed by atoms with van der Waals surface area (Å²) >= 11 is 0. The molecule has 0 radical (unpaired) electrons. The summed E-state index contributed by atoms with van der Waals surface area (Å²) in [5, 5.41) is 0. The molecule has 0 spiro atoms. The minimum atomic E-state index is 1.11. The van der Waals surface area contributed by atoms with Gasteiger partial charge in [0.05, 0.1) is 0 Å². The Morgan fingerprint density at radius 3 is 2.21 bits per heavy atom. The van der Waals surface area contributed by atoms with Crippen LogP contribution in [0, 0.1) is 0 Å². The van der Waals surface area contributed by atoms with E-state index in [2.05, 4.69) is 39.5 Å². The molecular weight excluding hydrogens is 168 g/mol. The molecule has 0 saturated heterocycles. The minimum absolute atomic E-state index is 1.11. The molecule has 0 fully saturated rings. The molecule has 0 N–H and O–H groups in total. The van der Waals surface area contributed by atoms with Crippen molar-refractivity contribution in [3.63, 3.8) is 0 Å². The Kier molecular flexibility index (Phi) is 3.94. The Morgan fingerprint density at radius 2 is 1.79 bits per heavy atom. The van der Waals surface area contributed by atoms with Gasteiger partial charge in [-0.05, 0) is 41.5 Å². The second-order valence-corrected chi connectivity index (χ2v) is 3.59. The zero-order valence-electron chi connectivity index (χ0n) is 9.56. The van der Waals surface area contributed by atoms with Crippen LogP contribution in [0.15, 0.2) is 18.7 Å². The molecule has 0 amide bonds. The lowest BCUT2D eigenvalue weighted by molar-refractivity contribution is 1.01. The maximum absolute atomic E-state index is 3.89. The van der Waals surface area contributed by atoms with Gasteiger partial charge in [0.2, 0.25) is 0 Å². The van der Waals surface area contributed by atoms with Gasteiger partial charge in [-0.15, -0.1) is 0 Å². The highest BCUT2D eigenvalue weighted by Crippen LogP contribution is 2.20. The summed E-state index contributed by atoms with van der Waals surface area (Å²) in [7, 11) is 0. The largest absolute Gasteiger partial charge is 0.0985 e. The standard InChI is InChI=1S/C14H20/c1-5-11-9-12(6-2)14(8-4)13(7-3)10-11/h6,9-10H,2,5,7-8H2,1,3-4H3. The molecule has 0 unspecified atom stereocenters. The van der Waals surface area contributed by atoms with E-state index in [0.717, 1.165) is 19.3 Å². The smallest absolute Gasteiger partial charge is 0.0225 e. The van der Waals surface area contributed by atoms with Gasteiger partial charge in [-0.3, -0.25) is 0 Å². The maximum atomic E-state index is 3.89. The van der Waals surface area contributed by atoms with Gasteiger partial charge >= 0.3 is 0 Å². The molecule has 0 aromatic heterocycles. The van der Waals surface area contributed by atoms with E-state index in [-0.39, 0.29) is 0 Å². The van der Waals surface area contributed by atoms with E-state index in [1.54, 1.807) is 0 Å². The van der Waals surface area contributed by atoms with Crippen molar-refractivity contribution in [3.8, 4) is 0 Å². The molecule has 76 valence electrons. The Bertz CT molecular complexity index is 321. The summed E-state index contributed by atoms with van der Waals surface area (Å²) in [4.78, 5) is 0.